The Morgan fingerprint density at radius 3 is 2.40 bits per heavy atom. The lowest BCUT2D eigenvalue weighted by molar-refractivity contribution is 0.861. The molecule has 0 spiro atoms. The molecule has 0 unspecified atom stereocenters. The highest BCUT2D eigenvalue weighted by molar-refractivity contribution is 6.00. The molecular formula is C10H17N5. The topological polar surface area (TPSA) is 87.7 Å². The first kappa shape index (κ1) is 11.4. The van der Waals surface area contributed by atoms with Crippen molar-refractivity contribution in [1.29, 1.82) is 5.41 Å². The van der Waals surface area contributed by atoms with Gasteiger partial charge in [0, 0.05) is 6.04 Å². The van der Waals surface area contributed by atoms with Crippen LogP contribution in [-0.2, 0) is 0 Å². The van der Waals surface area contributed by atoms with Crippen LogP contribution in [0.1, 0.15) is 30.7 Å². The summed E-state index contributed by atoms with van der Waals surface area (Å²) in [6, 6.07) is 0.236. The molecule has 0 fully saturated rings. The Kier molecular flexibility index (Phi) is 3.24. The van der Waals surface area contributed by atoms with Gasteiger partial charge in [-0.2, -0.15) is 5.10 Å². The van der Waals surface area contributed by atoms with Gasteiger partial charge in [0.1, 0.15) is 5.84 Å². The summed E-state index contributed by atoms with van der Waals surface area (Å²) in [7, 11) is 0. The molecule has 0 radical (unpaired) electrons. The average Bonchev–Trinajstić information content (AvgIpc) is 2.10. The normalized spacial score (nSPS) is 10.5. The predicted octanol–water partition coefficient (Wildman–Crippen LogP) is 1.20. The van der Waals surface area contributed by atoms with Crippen LogP contribution in [-0.4, -0.2) is 22.1 Å². The van der Waals surface area contributed by atoms with E-state index in [2.05, 4.69) is 15.5 Å². The number of amidine groups is 1. The second-order valence-electron chi connectivity index (χ2n) is 3.85. The van der Waals surface area contributed by atoms with E-state index in [1.54, 1.807) is 0 Å². The summed E-state index contributed by atoms with van der Waals surface area (Å²) in [5, 5.41) is 18.7. The van der Waals surface area contributed by atoms with Gasteiger partial charge < -0.3 is 11.1 Å². The van der Waals surface area contributed by atoms with Gasteiger partial charge in [-0.25, -0.2) is 0 Å². The fourth-order valence-electron chi connectivity index (χ4n) is 1.31. The van der Waals surface area contributed by atoms with Crippen molar-refractivity contribution < 1.29 is 0 Å². The molecule has 15 heavy (non-hydrogen) atoms. The van der Waals surface area contributed by atoms with Crippen LogP contribution in [0.15, 0.2) is 0 Å². The maximum atomic E-state index is 7.53. The lowest BCUT2D eigenvalue weighted by atomic mass is 10.1. The molecule has 0 saturated heterocycles. The fraction of sp³-hybridized carbons (Fsp3) is 0.500. The Morgan fingerprint density at radius 2 is 1.93 bits per heavy atom. The smallest absolute Gasteiger partial charge is 0.160 e. The first-order chi connectivity index (χ1) is 6.93. The molecule has 0 saturated carbocycles. The van der Waals surface area contributed by atoms with Gasteiger partial charge in [0.15, 0.2) is 5.82 Å². The third kappa shape index (κ3) is 2.43. The minimum atomic E-state index is 0.0219. The van der Waals surface area contributed by atoms with E-state index in [9.17, 15) is 0 Å². The van der Waals surface area contributed by atoms with Crippen LogP contribution in [0, 0.1) is 19.3 Å². The van der Waals surface area contributed by atoms with Gasteiger partial charge >= 0.3 is 0 Å². The van der Waals surface area contributed by atoms with E-state index >= 15 is 0 Å². The van der Waals surface area contributed by atoms with Crippen LogP contribution < -0.4 is 11.1 Å². The third-order valence-electron chi connectivity index (χ3n) is 2.15. The molecule has 0 aromatic carbocycles. The second-order valence-corrected chi connectivity index (χ2v) is 3.85. The zero-order valence-corrected chi connectivity index (χ0v) is 9.55. The highest BCUT2D eigenvalue weighted by atomic mass is 15.2. The van der Waals surface area contributed by atoms with E-state index in [0.29, 0.717) is 11.4 Å². The first-order valence-corrected chi connectivity index (χ1v) is 4.88. The summed E-state index contributed by atoms with van der Waals surface area (Å²) in [5.41, 5.74) is 7.89. The van der Waals surface area contributed by atoms with E-state index in [4.69, 9.17) is 11.1 Å². The quantitative estimate of drug-likeness (QED) is 0.513. The van der Waals surface area contributed by atoms with E-state index in [0.717, 1.165) is 11.3 Å². The molecule has 0 atom stereocenters. The van der Waals surface area contributed by atoms with Crippen LogP contribution in [0.3, 0.4) is 0 Å². The summed E-state index contributed by atoms with van der Waals surface area (Å²) in [6.45, 7) is 7.75. The number of nitrogens with two attached hydrogens (primary N) is 1. The van der Waals surface area contributed by atoms with Crippen molar-refractivity contribution in [3.05, 3.63) is 16.8 Å². The molecule has 1 rings (SSSR count). The Labute approximate surface area is 89.6 Å². The van der Waals surface area contributed by atoms with E-state index < -0.39 is 0 Å². The van der Waals surface area contributed by atoms with Gasteiger partial charge in [0.25, 0.3) is 0 Å². The predicted molar refractivity (Wildman–Crippen MR) is 61.3 cm³/mol. The van der Waals surface area contributed by atoms with Gasteiger partial charge in [0.05, 0.1) is 11.3 Å². The van der Waals surface area contributed by atoms with E-state index in [-0.39, 0.29) is 11.9 Å². The van der Waals surface area contributed by atoms with Crippen LogP contribution in [0.25, 0.3) is 0 Å². The molecule has 1 aromatic rings. The monoisotopic (exact) mass is 207 g/mol. The number of nitrogen functional groups attached to an aromatic ring is 1. The van der Waals surface area contributed by atoms with Crippen molar-refractivity contribution >= 4 is 11.7 Å². The Hall–Kier alpha value is -1.65. The number of hydrogen-bond donors (Lipinski definition) is 3. The summed E-state index contributed by atoms with van der Waals surface area (Å²) in [4.78, 5) is 0. The summed E-state index contributed by atoms with van der Waals surface area (Å²) in [5.74, 6) is 0.606. The number of aryl methyl sites for hydroxylation is 1. The molecule has 0 aliphatic heterocycles. The van der Waals surface area contributed by atoms with Crippen molar-refractivity contribution in [2.75, 3.05) is 5.32 Å². The van der Waals surface area contributed by atoms with Crippen molar-refractivity contribution in [3.63, 3.8) is 0 Å². The molecular weight excluding hydrogens is 190 g/mol. The number of nitrogens with zero attached hydrogens (tertiary/aromatic N) is 2. The minimum Gasteiger partial charge on any atom is -0.384 e. The standard InChI is InChI=1S/C10H17N5/c1-5(2)13-10-8(9(11)12)6(3)7(4)14-15-10/h5H,1-4H3,(H3,11,12)(H,13,15). The summed E-state index contributed by atoms with van der Waals surface area (Å²) < 4.78 is 0. The second kappa shape index (κ2) is 4.25. The van der Waals surface area contributed by atoms with Gasteiger partial charge in [-0.1, -0.05) is 0 Å². The lowest BCUT2D eigenvalue weighted by Crippen LogP contribution is -2.21. The lowest BCUT2D eigenvalue weighted by Gasteiger charge is -2.14. The minimum absolute atomic E-state index is 0.0219. The first-order valence-electron chi connectivity index (χ1n) is 4.88. The number of nitrogens with one attached hydrogen (secondary N) is 2. The molecule has 0 aliphatic rings. The van der Waals surface area contributed by atoms with E-state index in [1.807, 2.05) is 27.7 Å². The SMILES string of the molecule is Cc1nnc(NC(C)C)c(C(=N)N)c1C. The van der Waals surface area contributed by atoms with Crippen LogP contribution >= 0.6 is 0 Å². The molecule has 1 aromatic heterocycles. The van der Waals surface area contributed by atoms with Gasteiger partial charge in [-0.3, -0.25) is 5.41 Å². The van der Waals surface area contributed by atoms with Gasteiger partial charge in [-0.15, -0.1) is 5.10 Å². The number of aromatic nitrogens is 2. The molecule has 0 aliphatic carbocycles. The van der Waals surface area contributed by atoms with Gasteiger partial charge in [0.2, 0.25) is 0 Å². The average molecular weight is 207 g/mol. The zero-order valence-electron chi connectivity index (χ0n) is 9.55. The van der Waals surface area contributed by atoms with Gasteiger partial charge in [-0.05, 0) is 33.3 Å². The highest BCUT2D eigenvalue weighted by Crippen LogP contribution is 2.18. The highest BCUT2D eigenvalue weighted by Gasteiger charge is 2.13. The summed E-state index contributed by atoms with van der Waals surface area (Å²) >= 11 is 0. The fourth-order valence-corrected chi connectivity index (χ4v) is 1.31. The van der Waals surface area contributed by atoms with Crippen LogP contribution in [0.5, 0.6) is 0 Å². The van der Waals surface area contributed by atoms with E-state index in [1.165, 1.54) is 0 Å². The Bertz CT molecular complexity index is 384. The Balaban J connectivity index is 3.27. The molecule has 1 heterocycles. The molecule has 0 amide bonds. The molecule has 5 nitrogen and oxygen atoms in total. The largest absolute Gasteiger partial charge is 0.384 e. The number of rotatable bonds is 3. The van der Waals surface area contributed by atoms with Crippen molar-refractivity contribution in [2.45, 2.75) is 33.7 Å². The molecule has 82 valence electrons. The van der Waals surface area contributed by atoms with Crippen molar-refractivity contribution in [2.24, 2.45) is 5.73 Å². The summed E-state index contributed by atoms with van der Waals surface area (Å²) in [6.07, 6.45) is 0. The third-order valence-corrected chi connectivity index (χ3v) is 2.15. The maximum Gasteiger partial charge on any atom is 0.160 e. The zero-order chi connectivity index (χ0) is 11.6. The number of hydrogen-bond acceptors (Lipinski definition) is 4. The molecule has 4 N–H and O–H groups in total. The van der Waals surface area contributed by atoms with Crippen LogP contribution in [0.4, 0.5) is 5.82 Å². The number of anilines is 1. The van der Waals surface area contributed by atoms with Crippen LogP contribution in [0.2, 0.25) is 0 Å². The molecule has 5 heteroatoms. The Morgan fingerprint density at radius 1 is 1.33 bits per heavy atom. The maximum absolute atomic E-state index is 7.53. The van der Waals surface area contributed by atoms with Crippen molar-refractivity contribution in [1.82, 2.24) is 10.2 Å². The van der Waals surface area contributed by atoms with Crippen molar-refractivity contribution in [3.8, 4) is 0 Å². The molecule has 0 bridgehead atoms.